The molecule has 0 spiro atoms. The molecule has 0 aliphatic heterocycles. The van der Waals surface area contributed by atoms with Crippen LogP contribution in [0, 0.1) is 0 Å². The van der Waals surface area contributed by atoms with Crippen molar-refractivity contribution in [1.29, 1.82) is 0 Å². The number of aromatic nitrogens is 1. The zero-order valence-corrected chi connectivity index (χ0v) is 17.2. The third kappa shape index (κ3) is 4.55. The van der Waals surface area contributed by atoms with E-state index >= 15 is 0 Å². The Morgan fingerprint density at radius 1 is 1.00 bits per heavy atom. The van der Waals surface area contributed by atoms with Crippen molar-refractivity contribution in [3.8, 4) is 10.4 Å². The molecule has 4 aromatic rings. The molecule has 0 fully saturated rings. The summed E-state index contributed by atoms with van der Waals surface area (Å²) < 4.78 is 4.66. The van der Waals surface area contributed by atoms with Gasteiger partial charge in [0.25, 0.3) is 5.91 Å². The number of benzene rings is 3. The highest BCUT2D eigenvalue weighted by atomic mass is 32.1. The highest BCUT2D eigenvalue weighted by Crippen LogP contribution is 2.28. The predicted molar refractivity (Wildman–Crippen MR) is 120 cm³/mol. The van der Waals surface area contributed by atoms with Crippen LogP contribution in [0.1, 0.15) is 21.8 Å². The minimum Gasteiger partial charge on any atom is -0.469 e. The predicted octanol–water partition coefficient (Wildman–Crippen LogP) is 5.32. The van der Waals surface area contributed by atoms with E-state index in [9.17, 15) is 9.59 Å². The Labute approximate surface area is 178 Å². The van der Waals surface area contributed by atoms with Crippen molar-refractivity contribution in [3.63, 3.8) is 0 Å². The zero-order chi connectivity index (χ0) is 20.9. The number of anilines is 1. The fourth-order valence-corrected chi connectivity index (χ4v) is 4.04. The summed E-state index contributed by atoms with van der Waals surface area (Å²) in [5.74, 6) is -0.380. The van der Waals surface area contributed by atoms with Crippen LogP contribution in [0.3, 0.4) is 0 Å². The molecule has 0 saturated carbocycles. The van der Waals surface area contributed by atoms with E-state index in [1.807, 2.05) is 66.7 Å². The van der Waals surface area contributed by atoms with Gasteiger partial charge in [0.05, 0.1) is 23.4 Å². The average Bonchev–Trinajstić information content (AvgIpc) is 3.26. The van der Waals surface area contributed by atoms with Gasteiger partial charge in [0.2, 0.25) is 0 Å². The topological polar surface area (TPSA) is 68.3 Å². The van der Waals surface area contributed by atoms with E-state index in [2.05, 4.69) is 15.0 Å². The summed E-state index contributed by atoms with van der Waals surface area (Å²) in [5, 5.41) is 5.98. The lowest BCUT2D eigenvalue weighted by atomic mass is 10.1. The van der Waals surface area contributed by atoms with Crippen molar-refractivity contribution in [2.45, 2.75) is 12.8 Å². The molecule has 0 aliphatic carbocycles. The molecule has 150 valence electrons. The van der Waals surface area contributed by atoms with Crippen LogP contribution in [-0.2, 0) is 16.0 Å². The van der Waals surface area contributed by atoms with E-state index in [0.29, 0.717) is 18.4 Å². The van der Waals surface area contributed by atoms with Gasteiger partial charge < -0.3 is 10.1 Å². The molecule has 4 rings (SSSR count). The highest BCUT2D eigenvalue weighted by molar-refractivity contribution is 7.15. The van der Waals surface area contributed by atoms with Crippen LogP contribution in [0.25, 0.3) is 21.2 Å². The zero-order valence-electron chi connectivity index (χ0n) is 16.4. The maximum absolute atomic E-state index is 12.6. The first-order valence-electron chi connectivity index (χ1n) is 9.54. The van der Waals surface area contributed by atoms with Crippen LogP contribution in [0.4, 0.5) is 5.69 Å². The van der Waals surface area contributed by atoms with Gasteiger partial charge in [-0.1, -0.05) is 42.5 Å². The molecule has 0 saturated heterocycles. The monoisotopic (exact) mass is 416 g/mol. The van der Waals surface area contributed by atoms with Crippen LogP contribution in [0.15, 0.2) is 72.9 Å². The number of hydrogen-bond acceptors (Lipinski definition) is 5. The Kier molecular flexibility index (Phi) is 5.86. The van der Waals surface area contributed by atoms with Crippen molar-refractivity contribution in [2.75, 3.05) is 12.4 Å². The van der Waals surface area contributed by atoms with Crippen molar-refractivity contribution in [3.05, 3.63) is 83.5 Å². The second-order valence-corrected chi connectivity index (χ2v) is 7.90. The first-order valence-corrected chi connectivity index (χ1v) is 10.4. The summed E-state index contributed by atoms with van der Waals surface area (Å²) in [7, 11) is 1.38. The van der Waals surface area contributed by atoms with E-state index in [1.54, 1.807) is 17.5 Å². The standard InChI is InChI=1S/C24H20N2O3S/c1-29-23(27)13-12-22-25-15-21(30-22)17-8-10-20(11-9-17)26-24(28)19-7-6-16-4-2-3-5-18(16)14-19/h2-11,14-15H,12-13H2,1H3,(H,26,28). The van der Waals surface area contributed by atoms with E-state index < -0.39 is 0 Å². The van der Waals surface area contributed by atoms with Crippen LogP contribution in [0.2, 0.25) is 0 Å². The number of nitrogens with zero attached hydrogens (tertiary/aromatic N) is 1. The number of fused-ring (bicyclic) bond motifs is 1. The number of aryl methyl sites for hydroxylation is 1. The van der Waals surface area contributed by atoms with E-state index in [1.165, 1.54) is 7.11 Å². The number of thiazole rings is 1. The summed E-state index contributed by atoms with van der Waals surface area (Å²) in [4.78, 5) is 29.3. The molecule has 0 unspecified atom stereocenters. The number of carbonyl (C=O) groups is 2. The van der Waals surface area contributed by atoms with Gasteiger partial charge in [0.15, 0.2) is 0 Å². The second kappa shape index (κ2) is 8.88. The number of carbonyl (C=O) groups excluding carboxylic acids is 2. The Morgan fingerprint density at radius 3 is 2.53 bits per heavy atom. The van der Waals surface area contributed by atoms with Crippen LogP contribution >= 0.6 is 11.3 Å². The van der Waals surface area contributed by atoms with E-state index in [-0.39, 0.29) is 11.9 Å². The van der Waals surface area contributed by atoms with Crippen LogP contribution in [-0.4, -0.2) is 24.0 Å². The van der Waals surface area contributed by atoms with Crippen LogP contribution < -0.4 is 5.32 Å². The third-order valence-electron chi connectivity index (χ3n) is 4.76. The highest BCUT2D eigenvalue weighted by Gasteiger charge is 2.09. The first kappa shape index (κ1) is 19.8. The summed E-state index contributed by atoms with van der Waals surface area (Å²) in [6, 6.07) is 21.3. The number of amides is 1. The quantitative estimate of drug-likeness (QED) is 0.432. The maximum atomic E-state index is 12.6. The fraction of sp³-hybridized carbons (Fsp3) is 0.125. The Hall–Kier alpha value is -3.51. The Balaban J connectivity index is 1.42. The molecular formula is C24H20N2O3S. The minimum atomic E-state index is -0.238. The lowest BCUT2D eigenvalue weighted by molar-refractivity contribution is -0.140. The summed E-state index contributed by atoms with van der Waals surface area (Å²) in [5.41, 5.74) is 2.36. The lowest BCUT2D eigenvalue weighted by Gasteiger charge is -2.07. The largest absolute Gasteiger partial charge is 0.469 e. The number of hydrogen-bond donors (Lipinski definition) is 1. The smallest absolute Gasteiger partial charge is 0.305 e. The van der Waals surface area contributed by atoms with Gasteiger partial charge in [0.1, 0.15) is 0 Å². The third-order valence-corrected chi connectivity index (χ3v) is 5.87. The van der Waals surface area contributed by atoms with Crippen molar-refractivity contribution < 1.29 is 14.3 Å². The van der Waals surface area contributed by atoms with Gasteiger partial charge in [-0.15, -0.1) is 11.3 Å². The van der Waals surface area contributed by atoms with E-state index in [0.717, 1.165) is 31.9 Å². The lowest BCUT2D eigenvalue weighted by Crippen LogP contribution is -2.11. The number of ether oxygens (including phenoxy) is 1. The molecule has 6 heteroatoms. The summed E-state index contributed by atoms with van der Waals surface area (Å²) >= 11 is 1.55. The van der Waals surface area contributed by atoms with Crippen LogP contribution in [0.5, 0.6) is 0 Å². The van der Waals surface area contributed by atoms with E-state index in [4.69, 9.17) is 0 Å². The SMILES string of the molecule is COC(=O)CCc1ncc(-c2ccc(NC(=O)c3ccc4ccccc4c3)cc2)s1. The second-order valence-electron chi connectivity index (χ2n) is 6.79. The molecule has 1 aromatic heterocycles. The molecule has 5 nitrogen and oxygen atoms in total. The fourth-order valence-electron chi connectivity index (χ4n) is 3.12. The van der Waals surface area contributed by atoms with Gasteiger partial charge in [-0.3, -0.25) is 9.59 Å². The molecule has 3 aromatic carbocycles. The molecule has 0 aliphatic rings. The molecule has 30 heavy (non-hydrogen) atoms. The van der Waals surface area contributed by atoms with Gasteiger partial charge >= 0.3 is 5.97 Å². The minimum absolute atomic E-state index is 0.142. The number of esters is 1. The van der Waals surface area contributed by atoms with Crippen molar-refractivity contribution in [1.82, 2.24) is 4.98 Å². The molecule has 0 radical (unpaired) electrons. The molecule has 1 amide bonds. The first-order chi connectivity index (χ1) is 14.6. The van der Waals surface area contributed by atoms with Gasteiger partial charge in [0, 0.05) is 23.9 Å². The normalized spacial score (nSPS) is 10.7. The number of methoxy groups -OCH3 is 1. The Morgan fingerprint density at radius 2 is 1.77 bits per heavy atom. The summed E-state index contributed by atoms with van der Waals surface area (Å²) in [6.45, 7) is 0. The maximum Gasteiger partial charge on any atom is 0.305 e. The van der Waals surface area contributed by atoms with Gasteiger partial charge in [-0.25, -0.2) is 4.98 Å². The summed E-state index contributed by atoms with van der Waals surface area (Å²) in [6.07, 6.45) is 2.69. The molecule has 0 atom stereocenters. The Bertz CT molecular complexity index is 1200. The molecule has 1 N–H and O–H groups in total. The van der Waals surface area contributed by atoms with Gasteiger partial charge in [-0.2, -0.15) is 0 Å². The molecule has 0 bridgehead atoms. The van der Waals surface area contributed by atoms with Gasteiger partial charge in [-0.05, 0) is 40.6 Å². The average molecular weight is 417 g/mol. The molecule has 1 heterocycles. The van der Waals surface area contributed by atoms with Crippen molar-refractivity contribution in [2.24, 2.45) is 0 Å². The van der Waals surface area contributed by atoms with Crippen molar-refractivity contribution >= 4 is 39.7 Å². The number of nitrogens with one attached hydrogen (secondary N) is 1. The number of rotatable bonds is 6. The molecular weight excluding hydrogens is 396 g/mol.